The van der Waals surface area contributed by atoms with E-state index in [4.69, 9.17) is 4.98 Å². The Labute approximate surface area is 383 Å². The molecule has 310 valence electrons. The molecular formula is C62H41N2OP. The number of hydrogen-bond acceptors (Lipinski definition) is 2. The van der Waals surface area contributed by atoms with Crippen LogP contribution in [0.1, 0.15) is 22.3 Å². The van der Waals surface area contributed by atoms with E-state index < -0.39 is 12.6 Å². The first-order chi connectivity index (χ1) is 32.6. The maximum Gasteiger partial charge on any atom is 0.171 e. The number of para-hydroxylation sites is 3. The molecule has 3 nitrogen and oxygen atoms in total. The molecule has 0 N–H and O–H groups in total. The summed E-state index contributed by atoms with van der Waals surface area (Å²) >= 11 is 0. The zero-order chi connectivity index (χ0) is 43.8. The molecule has 0 atom stereocenters. The molecule has 1 aliphatic carbocycles. The molecule has 0 aliphatic heterocycles. The zero-order valence-electron chi connectivity index (χ0n) is 35.9. The number of fused-ring (bicyclic) bond motifs is 11. The molecule has 0 saturated heterocycles. The standard InChI is InChI=1S/C62H41N2OP/c65-66(48-21-9-3-10-22-48,49-23-11-4-12-24-49)50-35-38-52-51-36-33-45(40-56(51)62(57(52)41-50,46-17-5-1-6-18-46)47-19-7-2-8-20-47)43-31-29-42(30-32-43)44-34-37-54-55(39-44)53-25-13-15-27-59(53)64-60-28-16-14-26-58(60)63-61(54)64/h1-41H. The van der Waals surface area contributed by atoms with Gasteiger partial charge in [0.1, 0.15) is 5.65 Å². The van der Waals surface area contributed by atoms with Crippen molar-refractivity contribution in [1.29, 1.82) is 0 Å². The molecule has 10 aromatic carbocycles. The number of pyridine rings is 1. The van der Waals surface area contributed by atoms with Gasteiger partial charge >= 0.3 is 0 Å². The van der Waals surface area contributed by atoms with Crippen LogP contribution in [0.4, 0.5) is 0 Å². The van der Waals surface area contributed by atoms with Crippen LogP contribution in [0.3, 0.4) is 0 Å². The average Bonchev–Trinajstić information content (AvgIpc) is 3.94. The highest BCUT2D eigenvalue weighted by Gasteiger charge is 2.47. The van der Waals surface area contributed by atoms with Gasteiger partial charge < -0.3 is 4.57 Å². The summed E-state index contributed by atoms with van der Waals surface area (Å²) in [6, 6.07) is 88.1. The van der Waals surface area contributed by atoms with Gasteiger partial charge in [0.15, 0.2) is 7.14 Å². The second-order valence-electron chi connectivity index (χ2n) is 17.4. The van der Waals surface area contributed by atoms with Crippen LogP contribution in [0.25, 0.3) is 71.7 Å². The molecular weight excluding hydrogens is 820 g/mol. The molecule has 2 heterocycles. The summed E-state index contributed by atoms with van der Waals surface area (Å²) in [6.45, 7) is 0. The zero-order valence-corrected chi connectivity index (χ0v) is 36.8. The van der Waals surface area contributed by atoms with Gasteiger partial charge in [-0.1, -0.05) is 206 Å². The van der Waals surface area contributed by atoms with Crippen LogP contribution in [0.15, 0.2) is 249 Å². The molecule has 12 aromatic rings. The highest BCUT2D eigenvalue weighted by Crippen LogP contribution is 2.58. The highest BCUT2D eigenvalue weighted by atomic mass is 31.2. The quantitative estimate of drug-likeness (QED) is 0.118. The number of aromatic nitrogens is 2. The van der Waals surface area contributed by atoms with Crippen LogP contribution in [-0.2, 0) is 9.98 Å². The van der Waals surface area contributed by atoms with Crippen molar-refractivity contribution in [2.75, 3.05) is 0 Å². The fourth-order valence-corrected chi connectivity index (χ4v) is 13.6. The van der Waals surface area contributed by atoms with Gasteiger partial charge in [-0.15, -0.1) is 0 Å². The van der Waals surface area contributed by atoms with Gasteiger partial charge in [-0.2, -0.15) is 0 Å². The lowest BCUT2D eigenvalue weighted by molar-refractivity contribution is 0.592. The molecule has 0 amide bonds. The number of benzene rings is 10. The van der Waals surface area contributed by atoms with Crippen molar-refractivity contribution < 1.29 is 4.57 Å². The first-order valence-corrected chi connectivity index (χ1v) is 24.3. The molecule has 0 radical (unpaired) electrons. The first-order valence-electron chi connectivity index (χ1n) is 22.6. The predicted molar refractivity (Wildman–Crippen MR) is 275 cm³/mol. The SMILES string of the molecule is O=P(c1ccccc1)(c1ccccc1)c1ccc2c(c1)C(c1ccccc1)(c1ccccc1)c1cc(-c3ccc(-c4ccc5c(c4)c4ccccc4n4c6ccccc6nc54)cc3)ccc1-2. The van der Waals surface area contributed by atoms with E-state index in [2.05, 4.69) is 192 Å². The van der Waals surface area contributed by atoms with Crippen molar-refractivity contribution in [1.82, 2.24) is 9.38 Å². The Hall–Kier alpha value is -8.10. The molecule has 13 rings (SSSR count). The first kappa shape index (κ1) is 38.4. The molecule has 0 spiro atoms. The minimum atomic E-state index is -3.28. The largest absolute Gasteiger partial charge is 0.309 e. The Kier molecular flexibility index (Phi) is 8.72. The third-order valence-corrected chi connectivity index (χ3v) is 17.0. The summed E-state index contributed by atoms with van der Waals surface area (Å²) in [7, 11) is -3.28. The van der Waals surface area contributed by atoms with Gasteiger partial charge in [-0.25, -0.2) is 4.98 Å². The van der Waals surface area contributed by atoms with E-state index in [0.29, 0.717) is 0 Å². The normalized spacial score (nSPS) is 13.0. The van der Waals surface area contributed by atoms with Crippen LogP contribution in [0.5, 0.6) is 0 Å². The Morgan fingerprint density at radius 1 is 0.364 bits per heavy atom. The second-order valence-corrected chi connectivity index (χ2v) is 20.1. The summed E-state index contributed by atoms with van der Waals surface area (Å²) in [5, 5.41) is 6.00. The monoisotopic (exact) mass is 860 g/mol. The van der Waals surface area contributed by atoms with Gasteiger partial charge in [0.2, 0.25) is 0 Å². The van der Waals surface area contributed by atoms with Gasteiger partial charge in [0, 0.05) is 26.7 Å². The fourth-order valence-electron chi connectivity index (χ4n) is 10.9. The van der Waals surface area contributed by atoms with E-state index in [1.54, 1.807) is 0 Å². The van der Waals surface area contributed by atoms with E-state index in [1.807, 2.05) is 60.7 Å². The van der Waals surface area contributed by atoms with Gasteiger partial charge in [-0.3, -0.25) is 4.40 Å². The Balaban J connectivity index is 0.963. The summed E-state index contributed by atoms with van der Waals surface area (Å²) in [4.78, 5) is 5.12. The fraction of sp³-hybridized carbons (Fsp3) is 0.0161. The second kappa shape index (κ2) is 15.0. The molecule has 2 aromatic heterocycles. The topological polar surface area (TPSA) is 34.4 Å². The van der Waals surface area contributed by atoms with Gasteiger partial charge in [0.05, 0.1) is 22.0 Å². The minimum Gasteiger partial charge on any atom is -0.309 e. The van der Waals surface area contributed by atoms with E-state index in [1.165, 1.54) is 33.0 Å². The third kappa shape index (κ3) is 5.64. The third-order valence-electron chi connectivity index (χ3n) is 13.9. The van der Waals surface area contributed by atoms with Crippen molar-refractivity contribution in [3.8, 4) is 33.4 Å². The van der Waals surface area contributed by atoms with Crippen molar-refractivity contribution in [2.45, 2.75) is 5.41 Å². The lowest BCUT2D eigenvalue weighted by Crippen LogP contribution is -2.31. The van der Waals surface area contributed by atoms with E-state index >= 15 is 4.57 Å². The van der Waals surface area contributed by atoms with E-state index in [9.17, 15) is 0 Å². The Morgan fingerprint density at radius 3 is 1.48 bits per heavy atom. The lowest BCUT2D eigenvalue weighted by atomic mass is 9.67. The molecule has 1 aliphatic rings. The van der Waals surface area contributed by atoms with Gasteiger partial charge in [-0.05, 0) is 103 Å². The Morgan fingerprint density at radius 2 is 0.848 bits per heavy atom. The summed E-state index contributed by atoms with van der Waals surface area (Å²) in [5.74, 6) is 0. The minimum absolute atomic E-state index is 0.683. The highest BCUT2D eigenvalue weighted by molar-refractivity contribution is 7.85. The maximum atomic E-state index is 15.9. The van der Waals surface area contributed by atoms with Crippen LogP contribution in [0, 0.1) is 0 Å². The van der Waals surface area contributed by atoms with Crippen LogP contribution >= 0.6 is 7.14 Å². The van der Waals surface area contributed by atoms with E-state index in [0.717, 1.165) is 76.9 Å². The number of hydrogen-bond donors (Lipinski definition) is 0. The molecule has 0 fully saturated rings. The summed E-state index contributed by atoms with van der Waals surface area (Å²) in [5.41, 5.74) is 15.2. The number of nitrogens with zero attached hydrogens (tertiary/aromatic N) is 2. The summed E-state index contributed by atoms with van der Waals surface area (Å²) in [6.07, 6.45) is 0. The summed E-state index contributed by atoms with van der Waals surface area (Å²) < 4.78 is 18.2. The number of imidazole rings is 1. The average molecular weight is 861 g/mol. The predicted octanol–water partition coefficient (Wildman–Crippen LogP) is 14.1. The lowest BCUT2D eigenvalue weighted by Gasteiger charge is -2.34. The Bertz CT molecular complexity index is 3800. The van der Waals surface area contributed by atoms with Crippen molar-refractivity contribution >= 4 is 61.4 Å². The van der Waals surface area contributed by atoms with Crippen molar-refractivity contribution in [3.63, 3.8) is 0 Å². The van der Waals surface area contributed by atoms with Gasteiger partial charge in [0.25, 0.3) is 0 Å². The van der Waals surface area contributed by atoms with Crippen molar-refractivity contribution in [3.05, 3.63) is 271 Å². The molecule has 66 heavy (non-hydrogen) atoms. The van der Waals surface area contributed by atoms with Crippen molar-refractivity contribution in [2.24, 2.45) is 0 Å². The smallest absolute Gasteiger partial charge is 0.171 e. The maximum absolute atomic E-state index is 15.9. The molecule has 0 saturated carbocycles. The van der Waals surface area contributed by atoms with Crippen LogP contribution < -0.4 is 15.9 Å². The number of rotatable bonds is 7. The van der Waals surface area contributed by atoms with Crippen LogP contribution in [0.2, 0.25) is 0 Å². The van der Waals surface area contributed by atoms with E-state index in [-0.39, 0.29) is 0 Å². The molecule has 4 heteroatoms. The molecule has 0 bridgehead atoms. The van der Waals surface area contributed by atoms with Crippen LogP contribution in [-0.4, -0.2) is 9.38 Å². The molecule has 0 unspecified atom stereocenters.